The molecular formula is C17H18O7. The minimum Gasteiger partial charge on any atom is -0.507 e. The van der Waals surface area contributed by atoms with Gasteiger partial charge in [-0.3, -0.25) is 9.59 Å². The lowest BCUT2D eigenvalue weighted by molar-refractivity contribution is -0.114. The molecule has 7 nitrogen and oxygen atoms in total. The molecule has 0 amide bonds. The van der Waals surface area contributed by atoms with E-state index < -0.39 is 41.0 Å². The van der Waals surface area contributed by atoms with E-state index in [2.05, 4.69) is 0 Å². The third kappa shape index (κ3) is 1.95. The van der Waals surface area contributed by atoms with Crippen LogP contribution in [0.15, 0.2) is 23.3 Å². The van der Waals surface area contributed by atoms with E-state index in [9.17, 15) is 30.0 Å². The normalized spacial score (nSPS) is 32.5. The van der Waals surface area contributed by atoms with Crippen LogP contribution in [0.1, 0.15) is 34.6 Å². The van der Waals surface area contributed by atoms with Gasteiger partial charge >= 0.3 is 0 Å². The molecular weight excluding hydrogens is 316 g/mol. The van der Waals surface area contributed by atoms with Crippen molar-refractivity contribution in [3.63, 3.8) is 0 Å². The van der Waals surface area contributed by atoms with Crippen LogP contribution in [0, 0.1) is 5.92 Å². The number of benzene rings is 1. The number of ketones is 2. The van der Waals surface area contributed by atoms with Crippen LogP contribution < -0.4 is 4.74 Å². The molecule has 2 aliphatic rings. The van der Waals surface area contributed by atoms with Crippen molar-refractivity contribution in [1.29, 1.82) is 0 Å². The van der Waals surface area contributed by atoms with E-state index in [0.717, 1.165) is 0 Å². The third-order valence-electron chi connectivity index (χ3n) is 5.10. The van der Waals surface area contributed by atoms with Crippen LogP contribution in [-0.4, -0.2) is 56.9 Å². The van der Waals surface area contributed by atoms with Gasteiger partial charge in [0, 0.05) is 28.7 Å². The van der Waals surface area contributed by atoms with Crippen molar-refractivity contribution in [2.24, 2.45) is 5.92 Å². The van der Waals surface area contributed by atoms with Crippen molar-refractivity contribution in [1.82, 2.24) is 0 Å². The predicted molar refractivity (Wildman–Crippen MR) is 82.1 cm³/mol. The largest absolute Gasteiger partial charge is 0.507 e. The molecule has 0 heterocycles. The predicted octanol–water partition coefficient (Wildman–Crippen LogP) is 0.199. The van der Waals surface area contributed by atoms with E-state index in [0.29, 0.717) is 0 Å². The van der Waals surface area contributed by atoms with Crippen molar-refractivity contribution in [2.75, 3.05) is 7.11 Å². The standard InChI is InChI=1S/C17H18O7/c1-6-13(19)11-12(16(22)17(6,2)23)14(20)8-4-7(24-3)5-9(18)10(8)15(11)21/h4-6,13,16,18-19,22-23H,1-3H3/t6-,13-,16-,17-/m1/s1. The van der Waals surface area contributed by atoms with Gasteiger partial charge in [0.15, 0.2) is 11.6 Å². The second-order valence-electron chi connectivity index (χ2n) is 6.42. The molecule has 0 saturated carbocycles. The zero-order valence-corrected chi connectivity index (χ0v) is 13.4. The molecule has 0 radical (unpaired) electrons. The lowest BCUT2D eigenvalue weighted by atomic mass is 9.65. The van der Waals surface area contributed by atoms with Crippen LogP contribution in [-0.2, 0) is 0 Å². The summed E-state index contributed by atoms with van der Waals surface area (Å²) in [7, 11) is 1.34. The van der Waals surface area contributed by atoms with E-state index in [1.807, 2.05) is 0 Å². The Bertz CT molecular complexity index is 790. The van der Waals surface area contributed by atoms with Crippen LogP contribution in [0.25, 0.3) is 0 Å². The number of fused-ring (bicyclic) bond motifs is 1. The zero-order valence-electron chi connectivity index (χ0n) is 13.4. The Morgan fingerprint density at radius 2 is 1.75 bits per heavy atom. The van der Waals surface area contributed by atoms with E-state index in [4.69, 9.17) is 4.74 Å². The molecule has 7 heteroatoms. The van der Waals surface area contributed by atoms with Gasteiger partial charge in [0.1, 0.15) is 17.6 Å². The van der Waals surface area contributed by atoms with Gasteiger partial charge in [-0.1, -0.05) is 6.92 Å². The number of phenols is 1. The molecule has 3 rings (SSSR count). The molecule has 0 fully saturated rings. The highest BCUT2D eigenvalue weighted by atomic mass is 16.5. The molecule has 0 unspecified atom stereocenters. The average Bonchev–Trinajstić information content (AvgIpc) is 2.53. The summed E-state index contributed by atoms with van der Waals surface area (Å²) >= 11 is 0. The number of phenolic OH excluding ortho intramolecular Hbond substituents is 1. The van der Waals surface area contributed by atoms with Gasteiger partial charge < -0.3 is 25.2 Å². The number of aliphatic hydroxyl groups excluding tert-OH is 2. The second kappa shape index (κ2) is 5.14. The lowest BCUT2D eigenvalue weighted by Gasteiger charge is -2.44. The maximum Gasteiger partial charge on any atom is 0.196 e. The number of aromatic hydroxyl groups is 1. The number of hydrogen-bond acceptors (Lipinski definition) is 7. The number of ether oxygens (including phenoxy) is 1. The Balaban J connectivity index is 2.29. The third-order valence-corrected chi connectivity index (χ3v) is 5.10. The monoisotopic (exact) mass is 334 g/mol. The molecule has 128 valence electrons. The highest BCUT2D eigenvalue weighted by Crippen LogP contribution is 2.45. The highest BCUT2D eigenvalue weighted by molar-refractivity contribution is 6.29. The van der Waals surface area contributed by atoms with Crippen molar-refractivity contribution >= 4 is 11.6 Å². The summed E-state index contributed by atoms with van der Waals surface area (Å²) in [5.74, 6) is -2.63. The summed E-state index contributed by atoms with van der Waals surface area (Å²) < 4.78 is 4.99. The summed E-state index contributed by atoms with van der Waals surface area (Å²) in [6.45, 7) is 2.77. The Morgan fingerprint density at radius 1 is 1.12 bits per heavy atom. The van der Waals surface area contributed by atoms with Gasteiger partial charge in [0.05, 0.1) is 24.4 Å². The second-order valence-corrected chi connectivity index (χ2v) is 6.42. The van der Waals surface area contributed by atoms with Crippen molar-refractivity contribution < 1.29 is 34.8 Å². The van der Waals surface area contributed by atoms with Gasteiger partial charge in [-0.05, 0) is 13.0 Å². The summed E-state index contributed by atoms with van der Waals surface area (Å²) in [5, 5.41) is 41.4. The summed E-state index contributed by atoms with van der Waals surface area (Å²) in [5.41, 5.74) is -2.77. The van der Waals surface area contributed by atoms with Gasteiger partial charge in [-0.2, -0.15) is 0 Å². The number of carbonyl (C=O) groups is 2. The first-order chi connectivity index (χ1) is 11.1. The summed E-state index contributed by atoms with van der Waals surface area (Å²) in [6.07, 6.45) is -3.08. The van der Waals surface area contributed by atoms with E-state index in [1.165, 1.54) is 33.1 Å². The maximum atomic E-state index is 12.8. The number of aliphatic hydroxyl groups is 3. The minimum atomic E-state index is -1.79. The molecule has 0 bridgehead atoms. The SMILES string of the molecule is COc1cc(O)c2c(c1)C(=O)C1=C(C2=O)[C@H](O)[C@@H](C)[C@@](C)(O)[C@@H]1O. The first-order valence-electron chi connectivity index (χ1n) is 7.45. The van der Waals surface area contributed by atoms with Gasteiger partial charge in [0.25, 0.3) is 0 Å². The number of Topliss-reactive ketones (excluding diaryl/α,β-unsaturated/α-hetero) is 2. The zero-order chi connectivity index (χ0) is 18.0. The van der Waals surface area contributed by atoms with E-state index in [1.54, 1.807) is 0 Å². The molecule has 4 atom stereocenters. The summed E-state index contributed by atoms with van der Waals surface area (Å²) in [4.78, 5) is 25.6. The van der Waals surface area contributed by atoms with Gasteiger partial charge in [0.2, 0.25) is 0 Å². The van der Waals surface area contributed by atoms with E-state index in [-0.39, 0.29) is 28.0 Å². The molecule has 1 aromatic carbocycles. The highest BCUT2D eigenvalue weighted by Gasteiger charge is 2.54. The lowest BCUT2D eigenvalue weighted by Crippen LogP contribution is -2.57. The van der Waals surface area contributed by atoms with Crippen molar-refractivity contribution in [2.45, 2.75) is 31.7 Å². The number of hydrogen-bond donors (Lipinski definition) is 4. The van der Waals surface area contributed by atoms with Crippen LogP contribution >= 0.6 is 0 Å². The van der Waals surface area contributed by atoms with Crippen LogP contribution in [0.5, 0.6) is 11.5 Å². The Labute approximate surface area is 137 Å². The Kier molecular flexibility index (Phi) is 3.56. The Morgan fingerprint density at radius 3 is 2.33 bits per heavy atom. The van der Waals surface area contributed by atoms with E-state index >= 15 is 0 Å². The Hall–Kier alpha value is -2.22. The fraction of sp³-hybridized carbons (Fsp3) is 0.412. The quantitative estimate of drug-likeness (QED) is 0.578. The molecule has 2 aliphatic carbocycles. The molecule has 0 aromatic heterocycles. The average molecular weight is 334 g/mol. The molecule has 0 aliphatic heterocycles. The number of rotatable bonds is 1. The first kappa shape index (κ1) is 16.6. The fourth-order valence-corrected chi connectivity index (χ4v) is 3.34. The van der Waals surface area contributed by atoms with Gasteiger partial charge in [-0.25, -0.2) is 0 Å². The number of carbonyl (C=O) groups excluding carboxylic acids is 2. The fourth-order valence-electron chi connectivity index (χ4n) is 3.34. The maximum absolute atomic E-state index is 12.8. The van der Waals surface area contributed by atoms with Crippen LogP contribution in [0.4, 0.5) is 0 Å². The smallest absolute Gasteiger partial charge is 0.196 e. The summed E-state index contributed by atoms with van der Waals surface area (Å²) in [6, 6.07) is 2.48. The molecule has 4 N–H and O–H groups in total. The molecule has 1 aromatic rings. The van der Waals surface area contributed by atoms with Crippen molar-refractivity contribution in [3.05, 3.63) is 34.4 Å². The van der Waals surface area contributed by atoms with Crippen LogP contribution in [0.3, 0.4) is 0 Å². The molecule has 24 heavy (non-hydrogen) atoms. The number of methoxy groups -OCH3 is 1. The molecule has 0 spiro atoms. The van der Waals surface area contributed by atoms with Crippen LogP contribution in [0.2, 0.25) is 0 Å². The first-order valence-corrected chi connectivity index (χ1v) is 7.45. The molecule has 0 saturated heterocycles. The van der Waals surface area contributed by atoms with Crippen molar-refractivity contribution in [3.8, 4) is 11.5 Å². The van der Waals surface area contributed by atoms with Gasteiger partial charge in [-0.15, -0.1) is 0 Å². The minimum absolute atomic E-state index is 0.132. The topological polar surface area (TPSA) is 124 Å².